The second-order valence-electron chi connectivity index (χ2n) is 3.58. The molecule has 2 rings (SSSR count). The Morgan fingerprint density at radius 3 is 2.62 bits per heavy atom. The van der Waals surface area contributed by atoms with Gasteiger partial charge in [-0.2, -0.15) is 0 Å². The number of carboxylic acids is 1. The van der Waals surface area contributed by atoms with Gasteiger partial charge in [-0.1, -0.05) is 6.07 Å². The van der Waals surface area contributed by atoms with Crippen LogP contribution in [-0.2, 0) is 9.31 Å². The van der Waals surface area contributed by atoms with Crippen molar-refractivity contribution in [2.75, 3.05) is 18.9 Å². The summed E-state index contributed by atoms with van der Waals surface area (Å²) in [5.41, 5.74) is 6.71. The third-order valence-electron chi connectivity index (χ3n) is 2.41. The molecule has 1 aliphatic heterocycles. The average Bonchev–Trinajstić information content (AvgIpc) is 2.29. The van der Waals surface area contributed by atoms with Gasteiger partial charge in [0.15, 0.2) is 0 Å². The summed E-state index contributed by atoms with van der Waals surface area (Å²) in [6.07, 6.45) is 0.874. The van der Waals surface area contributed by atoms with E-state index in [9.17, 15) is 4.79 Å². The maximum atomic E-state index is 10.8. The molecule has 16 heavy (non-hydrogen) atoms. The fourth-order valence-electron chi connectivity index (χ4n) is 1.60. The molecule has 0 amide bonds. The molecule has 0 bridgehead atoms. The van der Waals surface area contributed by atoms with Crippen LogP contribution in [-0.4, -0.2) is 31.4 Å². The van der Waals surface area contributed by atoms with Crippen LogP contribution in [0.3, 0.4) is 0 Å². The van der Waals surface area contributed by atoms with Crippen LogP contribution in [0.4, 0.5) is 5.69 Å². The first-order valence-corrected chi connectivity index (χ1v) is 5.04. The summed E-state index contributed by atoms with van der Waals surface area (Å²) in [5, 5.41) is 8.82. The molecule has 1 saturated heterocycles. The van der Waals surface area contributed by atoms with Crippen LogP contribution in [0.5, 0.6) is 0 Å². The summed E-state index contributed by atoms with van der Waals surface area (Å²) in [7, 11) is -0.432. The highest BCUT2D eigenvalue weighted by atomic mass is 16.6. The van der Waals surface area contributed by atoms with Crippen molar-refractivity contribution in [1.82, 2.24) is 0 Å². The number of hydrogen-bond donors (Lipinski definition) is 2. The van der Waals surface area contributed by atoms with Gasteiger partial charge in [-0.25, -0.2) is 4.79 Å². The predicted octanol–water partition coefficient (Wildman–Crippen LogP) is 0.0991. The molecule has 0 aromatic heterocycles. The Labute approximate surface area is 93.3 Å². The van der Waals surface area contributed by atoms with E-state index in [2.05, 4.69) is 0 Å². The fourth-order valence-corrected chi connectivity index (χ4v) is 1.60. The molecule has 1 aromatic carbocycles. The van der Waals surface area contributed by atoms with E-state index >= 15 is 0 Å². The van der Waals surface area contributed by atoms with E-state index in [4.69, 9.17) is 20.1 Å². The Kier molecular flexibility index (Phi) is 3.12. The number of nitrogens with two attached hydrogens (primary N) is 1. The standard InChI is InChI=1S/C10H12BNO4/c12-9-6-7(2-3-8(9)10(13)14)11-15-4-1-5-16-11/h2-3,6H,1,4-5,12H2,(H,13,14). The minimum atomic E-state index is -1.03. The van der Waals surface area contributed by atoms with Crippen LogP contribution in [0, 0.1) is 0 Å². The number of carbonyl (C=O) groups is 1. The minimum absolute atomic E-state index is 0.0968. The van der Waals surface area contributed by atoms with Crippen LogP contribution in [0.2, 0.25) is 0 Å². The largest absolute Gasteiger partial charge is 0.493 e. The van der Waals surface area contributed by atoms with Crippen LogP contribution in [0.25, 0.3) is 0 Å². The Hall–Kier alpha value is -1.53. The lowest BCUT2D eigenvalue weighted by molar-refractivity contribution is 0.0698. The van der Waals surface area contributed by atoms with Gasteiger partial charge >= 0.3 is 13.1 Å². The van der Waals surface area contributed by atoms with E-state index < -0.39 is 13.1 Å². The van der Waals surface area contributed by atoms with Crippen LogP contribution >= 0.6 is 0 Å². The number of carboxylic acid groups (broad SMARTS) is 1. The van der Waals surface area contributed by atoms with E-state index in [0.717, 1.165) is 11.9 Å². The normalized spacial score (nSPS) is 16.1. The Balaban J connectivity index is 2.23. The van der Waals surface area contributed by atoms with E-state index in [1.54, 1.807) is 12.1 Å². The Morgan fingerprint density at radius 2 is 2.06 bits per heavy atom. The van der Waals surface area contributed by atoms with Gasteiger partial charge in [0.1, 0.15) is 0 Å². The van der Waals surface area contributed by atoms with Gasteiger partial charge in [0.25, 0.3) is 0 Å². The number of benzene rings is 1. The molecule has 0 aliphatic carbocycles. The van der Waals surface area contributed by atoms with Gasteiger partial charge in [-0.05, 0) is 24.0 Å². The summed E-state index contributed by atoms with van der Waals surface area (Å²) < 4.78 is 10.8. The first-order chi connectivity index (χ1) is 7.68. The molecule has 1 aliphatic rings. The Bertz CT molecular complexity index is 404. The van der Waals surface area contributed by atoms with Crippen molar-refractivity contribution in [3.05, 3.63) is 23.8 Å². The van der Waals surface area contributed by atoms with E-state index in [1.165, 1.54) is 6.07 Å². The van der Waals surface area contributed by atoms with Gasteiger partial charge in [0.05, 0.1) is 5.56 Å². The number of anilines is 1. The number of nitrogen functional groups attached to an aromatic ring is 1. The van der Waals surface area contributed by atoms with Crippen molar-refractivity contribution in [2.24, 2.45) is 0 Å². The smallest absolute Gasteiger partial charge is 0.478 e. The highest BCUT2D eigenvalue weighted by molar-refractivity contribution is 6.61. The molecule has 0 saturated carbocycles. The van der Waals surface area contributed by atoms with E-state index in [1.807, 2.05) is 0 Å². The second-order valence-corrected chi connectivity index (χ2v) is 3.58. The van der Waals surface area contributed by atoms with Crippen molar-refractivity contribution in [3.8, 4) is 0 Å². The zero-order chi connectivity index (χ0) is 11.5. The molecule has 0 unspecified atom stereocenters. The van der Waals surface area contributed by atoms with Crippen molar-refractivity contribution in [2.45, 2.75) is 6.42 Å². The highest BCUT2D eigenvalue weighted by Crippen LogP contribution is 2.11. The van der Waals surface area contributed by atoms with Crippen LogP contribution in [0.15, 0.2) is 18.2 Å². The number of hydrogen-bond acceptors (Lipinski definition) is 4. The quantitative estimate of drug-likeness (QED) is 0.546. The number of aromatic carboxylic acids is 1. The van der Waals surface area contributed by atoms with Crippen LogP contribution in [0.1, 0.15) is 16.8 Å². The molecule has 1 fully saturated rings. The van der Waals surface area contributed by atoms with Gasteiger partial charge in [-0.15, -0.1) is 0 Å². The summed E-state index contributed by atoms with van der Waals surface area (Å²) in [6, 6.07) is 4.71. The minimum Gasteiger partial charge on any atom is -0.478 e. The zero-order valence-electron chi connectivity index (χ0n) is 8.68. The van der Waals surface area contributed by atoms with Gasteiger partial charge in [0.2, 0.25) is 0 Å². The van der Waals surface area contributed by atoms with Crippen molar-refractivity contribution in [3.63, 3.8) is 0 Å². The maximum absolute atomic E-state index is 10.8. The van der Waals surface area contributed by atoms with Crippen LogP contribution < -0.4 is 11.2 Å². The molecular weight excluding hydrogens is 209 g/mol. The van der Waals surface area contributed by atoms with Crippen molar-refractivity contribution in [1.29, 1.82) is 0 Å². The monoisotopic (exact) mass is 221 g/mol. The first-order valence-electron chi connectivity index (χ1n) is 5.04. The van der Waals surface area contributed by atoms with Gasteiger partial charge in [-0.3, -0.25) is 0 Å². The predicted molar refractivity (Wildman–Crippen MR) is 59.7 cm³/mol. The average molecular weight is 221 g/mol. The summed E-state index contributed by atoms with van der Waals surface area (Å²) in [6.45, 7) is 1.29. The third-order valence-corrected chi connectivity index (χ3v) is 2.41. The fraction of sp³-hybridized carbons (Fsp3) is 0.300. The lowest BCUT2D eigenvalue weighted by atomic mass is 9.77. The molecule has 1 heterocycles. The molecule has 0 spiro atoms. The topological polar surface area (TPSA) is 81.8 Å². The second kappa shape index (κ2) is 4.55. The van der Waals surface area contributed by atoms with E-state index in [0.29, 0.717) is 13.2 Å². The summed E-state index contributed by atoms with van der Waals surface area (Å²) in [5.74, 6) is -1.03. The van der Waals surface area contributed by atoms with Gasteiger partial charge in [0, 0.05) is 18.9 Å². The molecule has 0 radical (unpaired) electrons. The van der Waals surface area contributed by atoms with Gasteiger partial charge < -0.3 is 20.1 Å². The SMILES string of the molecule is Nc1cc(B2OCCCO2)ccc1C(=O)O. The lowest BCUT2D eigenvalue weighted by Crippen LogP contribution is -2.41. The molecule has 0 atom stereocenters. The highest BCUT2D eigenvalue weighted by Gasteiger charge is 2.25. The lowest BCUT2D eigenvalue weighted by Gasteiger charge is -2.20. The molecule has 84 valence electrons. The molecule has 6 heteroatoms. The molecule has 1 aromatic rings. The molecule has 5 nitrogen and oxygen atoms in total. The van der Waals surface area contributed by atoms with Crippen molar-refractivity contribution < 1.29 is 19.2 Å². The zero-order valence-corrected chi connectivity index (χ0v) is 8.68. The summed E-state index contributed by atoms with van der Waals surface area (Å²) in [4.78, 5) is 10.8. The molecule has 3 N–H and O–H groups in total. The Morgan fingerprint density at radius 1 is 1.38 bits per heavy atom. The van der Waals surface area contributed by atoms with Crippen molar-refractivity contribution >= 4 is 24.2 Å². The maximum Gasteiger partial charge on any atom is 0.493 e. The van der Waals surface area contributed by atoms with E-state index in [-0.39, 0.29) is 11.3 Å². The number of rotatable bonds is 2. The molecular formula is C10H12BNO4. The first kappa shape index (κ1) is 11.0. The third kappa shape index (κ3) is 2.18. The summed E-state index contributed by atoms with van der Waals surface area (Å²) >= 11 is 0.